The number of benzene rings is 1. The molecule has 0 radical (unpaired) electrons. The summed E-state index contributed by atoms with van der Waals surface area (Å²) in [4.78, 5) is 31.5. The number of H-pyrrole nitrogens is 1. The van der Waals surface area contributed by atoms with Crippen LogP contribution in [0.25, 0.3) is 10.9 Å². The molecule has 7 nitrogen and oxygen atoms in total. The van der Waals surface area contributed by atoms with Crippen molar-refractivity contribution in [3.63, 3.8) is 0 Å². The van der Waals surface area contributed by atoms with Crippen LogP contribution in [-0.4, -0.2) is 44.1 Å². The van der Waals surface area contributed by atoms with Gasteiger partial charge < -0.3 is 15.2 Å². The molecule has 0 atom stereocenters. The van der Waals surface area contributed by atoms with Gasteiger partial charge in [0.1, 0.15) is 0 Å². The molecule has 1 aliphatic carbocycles. The number of hydrogen-bond donors (Lipinski definition) is 2. The lowest BCUT2D eigenvalue weighted by molar-refractivity contribution is 0.0730. The molecule has 3 aromatic rings. The predicted octanol–water partition coefficient (Wildman–Crippen LogP) is 3.89. The van der Waals surface area contributed by atoms with Crippen LogP contribution in [0.4, 0.5) is 0 Å². The van der Waals surface area contributed by atoms with E-state index in [9.17, 15) is 9.59 Å². The first-order valence-corrected chi connectivity index (χ1v) is 11.8. The molecular formula is C25H31N5O2. The normalized spacial score (nSPS) is 16.7. The molecule has 2 N–H and O–H groups in total. The zero-order chi connectivity index (χ0) is 22.2. The van der Waals surface area contributed by atoms with Crippen molar-refractivity contribution >= 4 is 22.7 Å². The average Bonchev–Trinajstić information content (AvgIpc) is 3.52. The molecule has 0 unspecified atom stereocenters. The Morgan fingerprint density at radius 1 is 1.22 bits per heavy atom. The van der Waals surface area contributed by atoms with Crippen molar-refractivity contribution in [2.45, 2.75) is 65.1 Å². The van der Waals surface area contributed by atoms with E-state index >= 15 is 0 Å². The van der Waals surface area contributed by atoms with E-state index in [0.717, 1.165) is 54.4 Å². The average molecular weight is 434 g/mol. The van der Waals surface area contributed by atoms with E-state index in [1.54, 1.807) is 0 Å². The van der Waals surface area contributed by atoms with Gasteiger partial charge in [-0.15, -0.1) is 0 Å². The number of nitrogens with zero attached hydrogens (tertiary/aromatic N) is 3. The highest BCUT2D eigenvalue weighted by Crippen LogP contribution is 2.26. The summed E-state index contributed by atoms with van der Waals surface area (Å²) >= 11 is 0. The van der Waals surface area contributed by atoms with E-state index in [2.05, 4.69) is 24.1 Å². The number of amides is 2. The van der Waals surface area contributed by atoms with Crippen molar-refractivity contribution in [2.24, 2.45) is 5.92 Å². The lowest BCUT2D eigenvalue weighted by Crippen LogP contribution is -2.38. The van der Waals surface area contributed by atoms with Crippen LogP contribution < -0.4 is 5.32 Å². The van der Waals surface area contributed by atoms with Crippen LogP contribution in [-0.2, 0) is 19.5 Å². The largest absolute Gasteiger partial charge is 0.361 e. The maximum atomic E-state index is 13.3. The molecule has 0 spiro atoms. The van der Waals surface area contributed by atoms with Gasteiger partial charge in [0.2, 0.25) is 0 Å². The van der Waals surface area contributed by atoms with Crippen molar-refractivity contribution < 1.29 is 9.59 Å². The summed E-state index contributed by atoms with van der Waals surface area (Å²) in [5.74, 6) is 0.320. The Morgan fingerprint density at radius 3 is 2.81 bits per heavy atom. The molecule has 1 aliphatic heterocycles. The first-order chi connectivity index (χ1) is 15.5. The van der Waals surface area contributed by atoms with Gasteiger partial charge in [-0.05, 0) is 42.3 Å². The van der Waals surface area contributed by atoms with E-state index in [1.165, 1.54) is 0 Å². The second-order valence-electron chi connectivity index (χ2n) is 9.56. The zero-order valence-corrected chi connectivity index (χ0v) is 18.9. The Kier molecular flexibility index (Phi) is 5.49. The second-order valence-corrected chi connectivity index (χ2v) is 9.56. The van der Waals surface area contributed by atoms with E-state index in [1.807, 2.05) is 40.0 Å². The zero-order valence-electron chi connectivity index (χ0n) is 18.9. The number of aromatic amines is 1. The SMILES string of the molecule is CC(C)Cn1nc(C(=O)NC2CCCC2)c2c1CCN(C(=O)c1ccc3cc[nH]c3c1)C2. The van der Waals surface area contributed by atoms with Gasteiger partial charge in [-0.2, -0.15) is 5.10 Å². The molecule has 0 saturated heterocycles. The minimum absolute atomic E-state index is 0.00842. The fourth-order valence-electron chi connectivity index (χ4n) is 5.03. The Morgan fingerprint density at radius 2 is 2.03 bits per heavy atom. The van der Waals surface area contributed by atoms with Crippen LogP contribution in [0.5, 0.6) is 0 Å². The number of carbonyl (C=O) groups excluding carboxylic acids is 2. The first kappa shape index (κ1) is 20.8. The standard InChI is InChI=1S/C25H31N5O2/c1-16(2)14-30-22-10-12-29(25(32)18-8-7-17-9-11-26-21(17)13-18)15-20(22)23(28-30)24(31)27-19-5-3-4-6-19/h7-9,11,13,16,19,26H,3-6,10,12,14-15H2,1-2H3,(H,27,31). The van der Waals surface area contributed by atoms with Gasteiger partial charge in [0.25, 0.3) is 11.8 Å². The van der Waals surface area contributed by atoms with E-state index in [4.69, 9.17) is 5.10 Å². The van der Waals surface area contributed by atoms with Crippen LogP contribution in [0.15, 0.2) is 30.5 Å². The lowest BCUT2D eigenvalue weighted by atomic mass is 10.0. The van der Waals surface area contributed by atoms with Crippen LogP contribution in [0.1, 0.15) is 71.6 Å². The summed E-state index contributed by atoms with van der Waals surface area (Å²) in [6.07, 6.45) is 6.99. The molecule has 1 fully saturated rings. The first-order valence-electron chi connectivity index (χ1n) is 11.8. The van der Waals surface area contributed by atoms with E-state index in [-0.39, 0.29) is 17.9 Å². The monoisotopic (exact) mass is 433 g/mol. The maximum Gasteiger partial charge on any atom is 0.272 e. The smallest absolute Gasteiger partial charge is 0.272 e. The predicted molar refractivity (Wildman–Crippen MR) is 124 cm³/mol. The summed E-state index contributed by atoms with van der Waals surface area (Å²) in [6, 6.07) is 7.99. The van der Waals surface area contributed by atoms with Gasteiger partial charge in [0.15, 0.2) is 5.69 Å². The maximum absolute atomic E-state index is 13.3. The third-order valence-corrected chi connectivity index (χ3v) is 6.67. The van der Waals surface area contributed by atoms with Crippen molar-refractivity contribution in [2.75, 3.05) is 6.54 Å². The van der Waals surface area contributed by atoms with Crippen LogP contribution in [0.3, 0.4) is 0 Å². The molecule has 0 bridgehead atoms. The van der Waals surface area contributed by atoms with Gasteiger partial charge in [0.05, 0.1) is 6.54 Å². The molecule has 5 rings (SSSR count). The van der Waals surface area contributed by atoms with Crippen LogP contribution >= 0.6 is 0 Å². The molecule has 2 aliphatic rings. The number of carbonyl (C=O) groups is 2. The summed E-state index contributed by atoms with van der Waals surface area (Å²) in [5.41, 5.74) is 4.11. The highest BCUT2D eigenvalue weighted by Gasteiger charge is 2.31. The molecule has 3 heterocycles. The summed E-state index contributed by atoms with van der Waals surface area (Å²) in [6.45, 7) is 6.13. The quantitative estimate of drug-likeness (QED) is 0.640. The Hall–Kier alpha value is -3.09. The van der Waals surface area contributed by atoms with Crippen molar-refractivity contribution in [3.8, 4) is 0 Å². The molecule has 1 saturated carbocycles. The van der Waals surface area contributed by atoms with Crippen molar-refractivity contribution in [3.05, 3.63) is 53.0 Å². The van der Waals surface area contributed by atoms with E-state index < -0.39 is 0 Å². The minimum atomic E-state index is -0.0993. The number of rotatable bonds is 5. The molecule has 32 heavy (non-hydrogen) atoms. The van der Waals surface area contributed by atoms with Gasteiger partial charge in [0, 0.05) is 54.1 Å². The molecule has 7 heteroatoms. The molecular weight excluding hydrogens is 402 g/mol. The highest BCUT2D eigenvalue weighted by molar-refractivity contribution is 5.98. The molecule has 2 amide bonds. The third kappa shape index (κ3) is 3.92. The Labute approximate surface area is 188 Å². The topological polar surface area (TPSA) is 83.0 Å². The summed E-state index contributed by atoms with van der Waals surface area (Å²) in [5, 5.41) is 9.01. The molecule has 2 aromatic heterocycles. The lowest BCUT2D eigenvalue weighted by Gasteiger charge is -2.28. The van der Waals surface area contributed by atoms with Crippen LogP contribution in [0.2, 0.25) is 0 Å². The van der Waals surface area contributed by atoms with Crippen molar-refractivity contribution in [1.82, 2.24) is 25.0 Å². The number of hydrogen-bond acceptors (Lipinski definition) is 3. The number of aromatic nitrogens is 3. The fourth-order valence-corrected chi connectivity index (χ4v) is 5.03. The minimum Gasteiger partial charge on any atom is -0.361 e. The molecule has 168 valence electrons. The second kappa shape index (κ2) is 8.45. The number of nitrogens with one attached hydrogen (secondary N) is 2. The Balaban J connectivity index is 1.42. The highest BCUT2D eigenvalue weighted by atomic mass is 16.2. The summed E-state index contributed by atoms with van der Waals surface area (Å²) < 4.78 is 2.00. The van der Waals surface area contributed by atoms with Gasteiger partial charge in [-0.25, -0.2) is 0 Å². The van der Waals surface area contributed by atoms with Crippen LogP contribution in [0, 0.1) is 5.92 Å². The Bertz CT molecular complexity index is 1150. The third-order valence-electron chi connectivity index (χ3n) is 6.67. The molecule has 1 aromatic carbocycles. The van der Waals surface area contributed by atoms with Gasteiger partial charge in [-0.1, -0.05) is 32.8 Å². The number of fused-ring (bicyclic) bond motifs is 2. The fraction of sp³-hybridized carbons (Fsp3) is 0.480. The van der Waals surface area contributed by atoms with Gasteiger partial charge >= 0.3 is 0 Å². The van der Waals surface area contributed by atoms with E-state index in [0.29, 0.717) is 36.7 Å². The van der Waals surface area contributed by atoms with Gasteiger partial charge in [-0.3, -0.25) is 14.3 Å². The summed E-state index contributed by atoms with van der Waals surface area (Å²) in [7, 11) is 0. The van der Waals surface area contributed by atoms with Crippen molar-refractivity contribution in [1.29, 1.82) is 0 Å².